The van der Waals surface area contributed by atoms with E-state index in [1.807, 2.05) is 30.3 Å². The van der Waals surface area contributed by atoms with E-state index < -0.39 is 0 Å². The molecule has 4 nitrogen and oxygen atoms in total. The molecule has 27 heavy (non-hydrogen) atoms. The van der Waals surface area contributed by atoms with Crippen molar-refractivity contribution in [3.63, 3.8) is 0 Å². The molecular formula is C23H22O4. The van der Waals surface area contributed by atoms with Gasteiger partial charge in [0.25, 0.3) is 0 Å². The molecule has 1 aliphatic rings. The number of allylic oxidation sites excluding steroid dienone is 5. The van der Waals surface area contributed by atoms with Gasteiger partial charge in [-0.1, -0.05) is 42.5 Å². The van der Waals surface area contributed by atoms with Crippen LogP contribution in [0.3, 0.4) is 0 Å². The highest BCUT2D eigenvalue weighted by Gasteiger charge is 2.18. The summed E-state index contributed by atoms with van der Waals surface area (Å²) in [6.07, 6.45) is 7.78. The Morgan fingerprint density at radius 2 is 1.48 bits per heavy atom. The van der Waals surface area contributed by atoms with Gasteiger partial charge in [-0.25, -0.2) is 0 Å². The predicted molar refractivity (Wildman–Crippen MR) is 105 cm³/mol. The molecule has 1 aliphatic carbocycles. The van der Waals surface area contributed by atoms with E-state index in [1.54, 1.807) is 24.3 Å². The van der Waals surface area contributed by atoms with Crippen molar-refractivity contribution in [2.45, 2.75) is 19.3 Å². The van der Waals surface area contributed by atoms with Crippen LogP contribution in [-0.4, -0.2) is 23.3 Å². The van der Waals surface area contributed by atoms with Crippen LogP contribution < -0.4 is 0 Å². The van der Waals surface area contributed by atoms with Crippen molar-refractivity contribution in [2.75, 3.05) is 7.11 Å². The number of hydrogen-bond donors (Lipinski definition) is 2. The first-order valence-corrected chi connectivity index (χ1v) is 8.83. The number of carbonyl (C=O) groups is 1. The highest BCUT2D eigenvalue weighted by Crippen LogP contribution is 2.36. The monoisotopic (exact) mass is 362 g/mol. The Morgan fingerprint density at radius 1 is 0.926 bits per heavy atom. The van der Waals surface area contributed by atoms with Crippen LogP contribution in [0.25, 0.3) is 5.57 Å². The fraction of sp³-hybridized carbons (Fsp3) is 0.174. The van der Waals surface area contributed by atoms with E-state index in [0.29, 0.717) is 6.42 Å². The molecule has 138 valence electrons. The van der Waals surface area contributed by atoms with Gasteiger partial charge in [0.15, 0.2) is 0 Å². The smallest absolute Gasteiger partial charge is 0.305 e. The van der Waals surface area contributed by atoms with Gasteiger partial charge in [0.2, 0.25) is 0 Å². The standard InChI is InChI=1S/C23H22O4/c1-27-22(26)15-14-21(16-4-2-3-5-16)23(17-6-10-19(24)11-7-17)18-8-12-20(25)13-9-18/h2-4,6-13,24-25H,5,14-15H2,1H3. The molecule has 0 atom stereocenters. The van der Waals surface area contributed by atoms with Crippen LogP contribution in [0.4, 0.5) is 0 Å². The molecule has 0 heterocycles. The minimum Gasteiger partial charge on any atom is -0.508 e. The zero-order chi connectivity index (χ0) is 19.2. The molecule has 0 saturated carbocycles. The lowest BCUT2D eigenvalue weighted by Crippen LogP contribution is -2.04. The molecule has 2 N–H and O–H groups in total. The molecule has 0 aromatic heterocycles. The van der Waals surface area contributed by atoms with Gasteiger partial charge in [-0.2, -0.15) is 0 Å². The van der Waals surface area contributed by atoms with Crippen molar-refractivity contribution in [3.05, 3.63) is 89.0 Å². The third-order valence-electron chi connectivity index (χ3n) is 4.58. The Bertz CT molecular complexity index is 853. The second kappa shape index (κ2) is 8.41. The van der Waals surface area contributed by atoms with Crippen LogP contribution >= 0.6 is 0 Å². The van der Waals surface area contributed by atoms with Gasteiger partial charge in [0, 0.05) is 6.42 Å². The molecule has 0 amide bonds. The maximum Gasteiger partial charge on any atom is 0.305 e. The van der Waals surface area contributed by atoms with Gasteiger partial charge < -0.3 is 14.9 Å². The van der Waals surface area contributed by atoms with Crippen molar-refractivity contribution in [2.24, 2.45) is 0 Å². The number of methoxy groups -OCH3 is 1. The van der Waals surface area contributed by atoms with Gasteiger partial charge in [-0.05, 0) is 65.0 Å². The van der Waals surface area contributed by atoms with E-state index in [-0.39, 0.29) is 23.9 Å². The first-order chi connectivity index (χ1) is 13.1. The third kappa shape index (κ3) is 4.47. The zero-order valence-corrected chi connectivity index (χ0v) is 15.2. The molecule has 0 bridgehead atoms. The maximum atomic E-state index is 11.8. The van der Waals surface area contributed by atoms with Crippen LogP contribution in [0.1, 0.15) is 30.4 Å². The molecule has 0 unspecified atom stereocenters. The Labute approximate surface area is 158 Å². The van der Waals surface area contributed by atoms with Crippen molar-refractivity contribution in [1.82, 2.24) is 0 Å². The minimum atomic E-state index is -0.255. The molecule has 4 heteroatoms. The molecule has 0 spiro atoms. The molecule has 3 rings (SSSR count). The van der Waals surface area contributed by atoms with Crippen molar-refractivity contribution in [1.29, 1.82) is 0 Å². The number of benzene rings is 2. The van der Waals surface area contributed by atoms with Crippen molar-refractivity contribution in [3.8, 4) is 11.5 Å². The number of phenols is 2. The highest BCUT2D eigenvalue weighted by molar-refractivity contribution is 5.86. The van der Waals surface area contributed by atoms with E-state index in [1.165, 1.54) is 7.11 Å². The summed E-state index contributed by atoms with van der Waals surface area (Å²) < 4.78 is 4.82. The van der Waals surface area contributed by atoms with E-state index in [9.17, 15) is 15.0 Å². The van der Waals surface area contributed by atoms with Crippen LogP contribution in [0.5, 0.6) is 11.5 Å². The third-order valence-corrected chi connectivity index (χ3v) is 4.58. The van der Waals surface area contributed by atoms with Crippen molar-refractivity contribution < 1.29 is 19.7 Å². The van der Waals surface area contributed by atoms with Gasteiger partial charge in [0.05, 0.1) is 7.11 Å². The van der Waals surface area contributed by atoms with Crippen LogP contribution in [0.2, 0.25) is 0 Å². The highest BCUT2D eigenvalue weighted by atomic mass is 16.5. The molecule has 0 radical (unpaired) electrons. The normalized spacial score (nSPS) is 12.6. The van der Waals surface area contributed by atoms with E-state index in [4.69, 9.17) is 4.74 Å². The average molecular weight is 362 g/mol. The Kier molecular flexibility index (Phi) is 5.77. The summed E-state index contributed by atoms with van der Waals surface area (Å²) in [7, 11) is 1.39. The average Bonchev–Trinajstić information content (AvgIpc) is 3.21. The second-order valence-electron chi connectivity index (χ2n) is 6.35. The summed E-state index contributed by atoms with van der Waals surface area (Å²) in [5.74, 6) is 0.137. The summed E-state index contributed by atoms with van der Waals surface area (Å²) in [5, 5.41) is 19.3. The molecule has 0 saturated heterocycles. The van der Waals surface area contributed by atoms with Crippen molar-refractivity contribution >= 4 is 11.5 Å². The summed E-state index contributed by atoms with van der Waals surface area (Å²) in [6, 6.07) is 14.0. The van der Waals surface area contributed by atoms with Gasteiger partial charge in [-0.15, -0.1) is 0 Å². The summed E-state index contributed by atoms with van der Waals surface area (Å²) >= 11 is 0. The number of aromatic hydroxyl groups is 2. The summed E-state index contributed by atoms with van der Waals surface area (Å²) in [5.41, 5.74) is 5.06. The van der Waals surface area contributed by atoms with Crippen LogP contribution in [-0.2, 0) is 9.53 Å². The Hall–Kier alpha value is -3.27. The summed E-state index contributed by atoms with van der Waals surface area (Å²) in [4.78, 5) is 11.8. The molecule has 2 aromatic carbocycles. The number of rotatable bonds is 6. The van der Waals surface area contributed by atoms with Gasteiger partial charge in [0.1, 0.15) is 11.5 Å². The topological polar surface area (TPSA) is 66.8 Å². The first kappa shape index (κ1) is 18.5. The van der Waals surface area contributed by atoms with Gasteiger partial charge in [-0.3, -0.25) is 4.79 Å². The quantitative estimate of drug-likeness (QED) is 0.729. The van der Waals surface area contributed by atoms with Crippen LogP contribution in [0.15, 0.2) is 77.9 Å². The number of ether oxygens (including phenoxy) is 1. The van der Waals surface area contributed by atoms with E-state index >= 15 is 0 Å². The molecule has 0 aliphatic heterocycles. The Balaban J connectivity index is 2.16. The van der Waals surface area contributed by atoms with Crippen LogP contribution in [0, 0.1) is 0 Å². The largest absolute Gasteiger partial charge is 0.508 e. The number of esters is 1. The lowest BCUT2D eigenvalue weighted by atomic mass is 9.86. The Morgan fingerprint density at radius 3 is 1.93 bits per heavy atom. The fourth-order valence-corrected chi connectivity index (χ4v) is 3.22. The summed E-state index contributed by atoms with van der Waals surface area (Å²) in [6.45, 7) is 0. The lowest BCUT2D eigenvalue weighted by molar-refractivity contribution is -0.140. The van der Waals surface area contributed by atoms with Gasteiger partial charge >= 0.3 is 5.97 Å². The lowest BCUT2D eigenvalue weighted by Gasteiger charge is -2.18. The van der Waals surface area contributed by atoms with E-state index in [0.717, 1.165) is 34.3 Å². The predicted octanol–water partition coefficient (Wildman–Crippen LogP) is 4.74. The molecule has 2 aromatic rings. The number of carbonyl (C=O) groups excluding carboxylic acids is 1. The molecular weight excluding hydrogens is 340 g/mol. The first-order valence-electron chi connectivity index (χ1n) is 8.83. The number of hydrogen-bond acceptors (Lipinski definition) is 4. The maximum absolute atomic E-state index is 11.8. The molecule has 0 fully saturated rings. The van der Waals surface area contributed by atoms with E-state index in [2.05, 4.69) is 12.2 Å². The second-order valence-corrected chi connectivity index (χ2v) is 6.35. The fourth-order valence-electron chi connectivity index (χ4n) is 3.22. The number of phenolic OH excluding ortho intramolecular Hbond substituents is 2. The zero-order valence-electron chi connectivity index (χ0n) is 15.2. The minimum absolute atomic E-state index is 0.196. The SMILES string of the molecule is COC(=O)CCC(C1=CC=CC1)=C(c1ccc(O)cc1)c1ccc(O)cc1.